The van der Waals surface area contributed by atoms with E-state index in [0.29, 0.717) is 31.8 Å². The van der Waals surface area contributed by atoms with Gasteiger partial charge in [0, 0.05) is 25.6 Å². The molecule has 0 bridgehead atoms. The average molecular weight is 333 g/mol. The quantitative estimate of drug-likeness (QED) is 0.830. The van der Waals surface area contributed by atoms with E-state index in [4.69, 9.17) is 9.47 Å². The summed E-state index contributed by atoms with van der Waals surface area (Å²) in [4.78, 5) is 13.3. The van der Waals surface area contributed by atoms with Gasteiger partial charge in [0.1, 0.15) is 5.60 Å². The Hall–Kier alpha value is -0.790. The van der Waals surface area contributed by atoms with Crippen molar-refractivity contribution >= 4 is 5.91 Å². The van der Waals surface area contributed by atoms with Crippen LogP contribution < -0.4 is 0 Å². The molecule has 5 nitrogen and oxygen atoms in total. The van der Waals surface area contributed by atoms with Crippen LogP contribution in [0.15, 0.2) is 0 Å². The summed E-state index contributed by atoms with van der Waals surface area (Å²) in [5.41, 5.74) is -2.14. The molecule has 3 rings (SSSR count). The van der Waals surface area contributed by atoms with Crippen molar-refractivity contribution in [3.05, 3.63) is 0 Å². The van der Waals surface area contributed by atoms with Gasteiger partial charge in [-0.1, -0.05) is 0 Å². The molecule has 3 aliphatic rings. The van der Waals surface area contributed by atoms with E-state index >= 15 is 0 Å². The van der Waals surface area contributed by atoms with Crippen LogP contribution in [-0.4, -0.2) is 66.5 Å². The first-order chi connectivity index (χ1) is 10.9. The van der Waals surface area contributed by atoms with E-state index in [-0.39, 0.29) is 32.0 Å². The number of amides is 1. The Kier molecular flexibility index (Phi) is 4.90. The van der Waals surface area contributed by atoms with Crippen LogP contribution >= 0.6 is 0 Å². The monoisotopic (exact) mass is 333 g/mol. The van der Waals surface area contributed by atoms with Crippen LogP contribution in [0.5, 0.6) is 0 Å². The summed E-state index contributed by atoms with van der Waals surface area (Å²) in [5.74, 6) is -4.49. The Labute approximate surface area is 134 Å². The fourth-order valence-corrected chi connectivity index (χ4v) is 3.44. The van der Waals surface area contributed by atoms with Gasteiger partial charge >= 0.3 is 5.92 Å². The highest BCUT2D eigenvalue weighted by atomic mass is 19.3. The lowest BCUT2D eigenvalue weighted by molar-refractivity contribution is -0.224. The number of aliphatic hydroxyl groups is 1. The van der Waals surface area contributed by atoms with E-state index in [1.165, 1.54) is 4.90 Å². The summed E-state index contributed by atoms with van der Waals surface area (Å²) in [6, 6.07) is 0. The van der Waals surface area contributed by atoms with E-state index in [1.54, 1.807) is 0 Å². The van der Waals surface area contributed by atoms with E-state index in [1.807, 2.05) is 0 Å². The van der Waals surface area contributed by atoms with Crippen molar-refractivity contribution in [1.82, 2.24) is 4.90 Å². The van der Waals surface area contributed by atoms with Crippen molar-refractivity contribution < 1.29 is 28.2 Å². The van der Waals surface area contributed by atoms with E-state index in [2.05, 4.69) is 0 Å². The van der Waals surface area contributed by atoms with E-state index in [0.717, 1.165) is 19.6 Å². The topological polar surface area (TPSA) is 59.0 Å². The van der Waals surface area contributed by atoms with E-state index in [9.17, 15) is 18.7 Å². The second-order valence-electron chi connectivity index (χ2n) is 7.01. The Morgan fingerprint density at radius 3 is 2.52 bits per heavy atom. The van der Waals surface area contributed by atoms with Gasteiger partial charge in [-0.15, -0.1) is 0 Å². The number of alkyl halides is 2. The Balaban J connectivity index is 1.45. The third-order valence-electron chi connectivity index (χ3n) is 5.35. The Bertz CT molecular complexity index is 428. The normalized spacial score (nSPS) is 28.7. The molecule has 1 aliphatic carbocycles. The maximum atomic E-state index is 14.2. The van der Waals surface area contributed by atoms with Gasteiger partial charge in [0.05, 0.1) is 19.3 Å². The SMILES string of the molecule is O=C(N1CCC(OCC2CCOC2)CC1)C(F)(F)C1(O)CCC1. The van der Waals surface area contributed by atoms with Crippen molar-refractivity contribution in [2.45, 2.75) is 56.2 Å². The third-order valence-corrected chi connectivity index (χ3v) is 5.35. The summed E-state index contributed by atoms with van der Waals surface area (Å²) < 4.78 is 39.5. The lowest BCUT2D eigenvalue weighted by Crippen LogP contribution is -2.62. The highest BCUT2D eigenvalue weighted by Gasteiger charge is 2.62. The molecule has 2 aliphatic heterocycles. The minimum atomic E-state index is -3.68. The molecule has 2 heterocycles. The number of hydrogen-bond acceptors (Lipinski definition) is 4. The molecule has 7 heteroatoms. The first-order valence-corrected chi connectivity index (χ1v) is 8.51. The first kappa shape index (κ1) is 17.0. The molecule has 0 spiro atoms. The van der Waals surface area contributed by atoms with Crippen LogP contribution in [0.3, 0.4) is 0 Å². The van der Waals surface area contributed by atoms with E-state index < -0.39 is 17.4 Å². The number of piperidine rings is 1. The van der Waals surface area contributed by atoms with Gasteiger partial charge in [-0.3, -0.25) is 4.79 Å². The second kappa shape index (κ2) is 6.61. The van der Waals surface area contributed by atoms with Crippen molar-refractivity contribution in [3.63, 3.8) is 0 Å². The highest BCUT2D eigenvalue weighted by Crippen LogP contribution is 2.45. The van der Waals surface area contributed by atoms with Gasteiger partial charge in [0.2, 0.25) is 0 Å². The molecule has 1 unspecified atom stereocenters. The molecular weight excluding hydrogens is 308 g/mol. The summed E-state index contributed by atoms with van der Waals surface area (Å²) >= 11 is 0. The minimum Gasteiger partial charge on any atom is -0.383 e. The molecule has 0 aromatic carbocycles. The van der Waals surface area contributed by atoms with Gasteiger partial charge in [0.15, 0.2) is 0 Å². The number of ether oxygens (including phenoxy) is 2. The second-order valence-corrected chi connectivity index (χ2v) is 7.01. The zero-order valence-corrected chi connectivity index (χ0v) is 13.3. The number of carbonyl (C=O) groups is 1. The number of carbonyl (C=O) groups excluding carboxylic acids is 1. The fourth-order valence-electron chi connectivity index (χ4n) is 3.44. The zero-order chi connectivity index (χ0) is 16.5. The number of rotatable bonds is 5. The van der Waals surface area contributed by atoms with Crippen LogP contribution in [0.1, 0.15) is 38.5 Å². The molecule has 23 heavy (non-hydrogen) atoms. The van der Waals surface area contributed by atoms with Gasteiger partial charge < -0.3 is 19.5 Å². The predicted octanol–water partition coefficient (Wildman–Crippen LogP) is 1.58. The number of nitrogens with zero attached hydrogens (tertiary/aromatic N) is 1. The van der Waals surface area contributed by atoms with Crippen LogP contribution in [0.4, 0.5) is 8.78 Å². The van der Waals surface area contributed by atoms with Crippen molar-refractivity contribution in [2.75, 3.05) is 32.9 Å². The predicted molar refractivity (Wildman–Crippen MR) is 78.2 cm³/mol. The molecule has 0 aromatic heterocycles. The maximum absolute atomic E-state index is 14.2. The highest BCUT2D eigenvalue weighted by molar-refractivity contribution is 5.85. The van der Waals surface area contributed by atoms with Crippen molar-refractivity contribution in [1.29, 1.82) is 0 Å². The molecule has 2 saturated heterocycles. The molecule has 1 saturated carbocycles. The Morgan fingerprint density at radius 1 is 1.30 bits per heavy atom. The molecule has 3 fully saturated rings. The van der Waals surface area contributed by atoms with Gasteiger partial charge in [-0.05, 0) is 38.5 Å². The first-order valence-electron chi connectivity index (χ1n) is 8.51. The molecule has 132 valence electrons. The maximum Gasteiger partial charge on any atom is 0.352 e. The number of halogens is 2. The lowest BCUT2D eigenvalue weighted by Gasteiger charge is -2.44. The van der Waals surface area contributed by atoms with Crippen LogP contribution in [-0.2, 0) is 14.3 Å². The largest absolute Gasteiger partial charge is 0.383 e. The summed E-state index contributed by atoms with van der Waals surface area (Å²) in [6.07, 6.45) is 2.67. The van der Waals surface area contributed by atoms with Crippen molar-refractivity contribution in [3.8, 4) is 0 Å². The van der Waals surface area contributed by atoms with Gasteiger partial charge in [-0.25, -0.2) is 0 Å². The molecule has 1 N–H and O–H groups in total. The fraction of sp³-hybridized carbons (Fsp3) is 0.938. The summed E-state index contributed by atoms with van der Waals surface area (Å²) in [5, 5.41) is 9.86. The minimum absolute atomic E-state index is 0.00518. The van der Waals surface area contributed by atoms with Crippen LogP contribution in [0.25, 0.3) is 0 Å². The van der Waals surface area contributed by atoms with Gasteiger partial charge in [0.25, 0.3) is 5.91 Å². The lowest BCUT2D eigenvalue weighted by atomic mass is 9.75. The van der Waals surface area contributed by atoms with Crippen molar-refractivity contribution in [2.24, 2.45) is 5.92 Å². The standard InChI is InChI=1S/C16H25F2NO4/c17-16(18,15(21)5-1-6-15)14(20)19-7-2-13(3-8-19)23-11-12-4-9-22-10-12/h12-13,21H,1-11H2. The molecule has 0 radical (unpaired) electrons. The van der Waals surface area contributed by atoms with Crippen LogP contribution in [0.2, 0.25) is 0 Å². The third kappa shape index (κ3) is 3.37. The Morgan fingerprint density at radius 2 is 2.00 bits per heavy atom. The molecule has 1 amide bonds. The van der Waals surface area contributed by atoms with Crippen LogP contribution in [0, 0.1) is 5.92 Å². The molecular formula is C16H25F2NO4. The van der Waals surface area contributed by atoms with Gasteiger partial charge in [-0.2, -0.15) is 8.78 Å². The average Bonchev–Trinajstić information content (AvgIpc) is 3.03. The number of hydrogen-bond donors (Lipinski definition) is 1. The summed E-state index contributed by atoms with van der Waals surface area (Å²) in [6.45, 7) is 2.66. The zero-order valence-electron chi connectivity index (χ0n) is 13.3. The molecule has 0 aromatic rings. The molecule has 1 atom stereocenters. The number of likely N-dealkylation sites (tertiary alicyclic amines) is 1. The smallest absolute Gasteiger partial charge is 0.352 e. The summed E-state index contributed by atoms with van der Waals surface area (Å²) in [7, 11) is 0.